The maximum atomic E-state index is 12.0. The molecule has 1 aromatic carbocycles. The quantitative estimate of drug-likeness (QED) is 0.837. The van der Waals surface area contributed by atoms with Crippen molar-refractivity contribution in [3.63, 3.8) is 0 Å². The van der Waals surface area contributed by atoms with Gasteiger partial charge in [0.15, 0.2) is 0 Å². The van der Waals surface area contributed by atoms with Crippen molar-refractivity contribution >= 4 is 5.91 Å². The van der Waals surface area contributed by atoms with Crippen LogP contribution in [-0.2, 0) is 4.79 Å². The standard InChI is InChI=1S/C14H20N2O/c1-11(12-7-3-2-4-8-12)16-14(17)13-9-5-6-10-15-13/h2-4,7-8,11,13,15H,5-6,9-10H2,1H3,(H,16,17)/t11-,13?/m1/s1. The van der Waals surface area contributed by atoms with Crippen LogP contribution in [0.1, 0.15) is 37.8 Å². The van der Waals surface area contributed by atoms with E-state index in [4.69, 9.17) is 0 Å². The van der Waals surface area contributed by atoms with Crippen LogP contribution in [-0.4, -0.2) is 18.5 Å². The molecule has 1 heterocycles. The number of benzene rings is 1. The largest absolute Gasteiger partial charge is 0.348 e. The second-order valence-corrected chi connectivity index (χ2v) is 4.64. The van der Waals surface area contributed by atoms with E-state index in [1.54, 1.807) is 0 Å². The Hall–Kier alpha value is -1.35. The van der Waals surface area contributed by atoms with Gasteiger partial charge in [-0.1, -0.05) is 36.8 Å². The molecule has 1 fully saturated rings. The van der Waals surface area contributed by atoms with Crippen LogP contribution < -0.4 is 10.6 Å². The van der Waals surface area contributed by atoms with E-state index in [-0.39, 0.29) is 18.0 Å². The van der Waals surface area contributed by atoms with Gasteiger partial charge in [0.25, 0.3) is 0 Å². The molecule has 3 heteroatoms. The molecule has 17 heavy (non-hydrogen) atoms. The summed E-state index contributed by atoms with van der Waals surface area (Å²) < 4.78 is 0. The first kappa shape index (κ1) is 12.1. The van der Waals surface area contributed by atoms with Gasteiger partial charge in [0.1, 0.15) is 0 Å². The van der Waals surface area contributed by atoms with Crippen LogP contribution in [0.5, 0.6) is 0 Å². The molecular formula is C14H20N2O. The van der Waals surface area contributed by atoms with E-state index in [0.29, 0.717) is 0 Å². The SMILES string of the molecule is C[C@@H](NC(=O)C1CCCCN1)c1ccccc1. The molecule has 2 N–H and O–H groups in total. The van der Waals surface area contributed by atoms with Gasteiger partial charge in [0.2, 0.25) is 5.91 Å². The van der Waals surface area contributed by atoms with Gasteiger partial charge in [-0.25, -0.2) is 0 Å². The molecule has 92 valence electrons. The Morgan fingerprint density at radius 1 is 1.35 bits per heavy atom. The van der Waals surface area contributed by atoms with Crippen molar-refractivity contribution in [2.24, 2.45) is 0 Å². The minimum absolute atomic E-state index is 0.00471. The van der Waals surface area contributed by atoms with Crippen molar-refractivity contribution in [2.45, 2.75) is 38.3 Å². The fourth-order valence-corrected chi connectivity index (χ4v) is 2.21. The van der Waals surface area contributed by atoms with Crippen LogP contribution in [0.3, 0.4) is 0 Å². The van der Waals surface area contributed by atoms with Crippen LogP contribution in [0, 0.1) is 0 Å². The van der Waals surface area contributed by atoms with Crippen LogP contribution in [0.4, 0.5) is 0 Å². The van der Waals surface area contributed by atoms with Gasteiger partial charge in [0.05, 0.1) is 12.1 Å². The molecule has 1 amide bonds. The molecule has 0 spiro atoms. The molecule has 2 rings (SSSR count). The number of rotatable bonds is 3. The topological polar surface area (TPSA) is 41.1 Å². The lowest BCUT2D eigenvalue weighted by molar-refractivity contribution is -0.124. The predicted octanol–water partition coefficient (Wildman–Crippen LogP) is 2.01. The minimum atomic E-state index is -0.00471. The summed E-state index contributed by atoms with van der Waals surface area (Å²) in [6, 6.07) is 10.1. The first-order chi connectivity index (χ1) is 8.27. The van der Waals surface area contributed by atoms with E-state index in [1.165, 1.54) is 6.42 Å². The van der Waals surface area contributed by atoms with E-state index in [2.05, 4.69) is 10.6 Å². The Bertz CT molecular complexity index is 358. The number of hydrogen-bond acceptors (Lipinski definition) is 2. The fraction of sp³-hybridized carbons (Fsp3) is 0.500. The zero-order chi connectivity index (χ0) is 12.1. The van der Waals surface area contributed by atoms with Gasteiger partial charge >= 0.3 is 0 Å². The molecule has 0 radical (unpaired) electrons. The highest BCUT2D eigenvalue weighted by atomic mass is 16.2. The number of hydrogen-bond donors (Lipinski definition) is 2. The zero-order valence-corrected chi connectivity index (χ0v) is 10.3. The maximum absolute atomic E-state index is 12.0. The van der Waals surface area contributed by atoms with Crippen LogP contribution in [0.25, 0.3) is 0 Å². The molecule has 1 aliphatic heterocycles. The van der Waals surface area contributed by atoms with Gasteiger partial charge in [-0.05, 0) is 31.9 Å². The van der Waals surface area contributed by atoms with E-state index in [0.717, 1.165) is 24.9 Å². The summed E-state index contributed by atoms with van der Waals surface area (Å²) in [4.78, 5) is 12.0. The Morgan fingerprint density at radius 2 is 2.12 bits per heavy atom. The van der Waals surface area contributed by atoms with Crippen molar-refractivity contribution in [3.8, 4) is 0 Å². The Morgan fingerprint density at radius 3 is 2.76 bits per heavy atom. The highest BCUT2D eigenvalue weighted by molar-refractivity contribution is 5.82. The minimum Gasteiger partial charge on any atom is -0.348 e. The highest BCUT2D eigenvalue weighted by Gasteiger charge is 2.21. The molecular weight excluding hydrogens is 212 g/mol. The van der Waals surface area contributed by atoms with Crippen LogP contribution in [0.2, 0.25) is 0 Å². The van der Waals surface area contributed by atoms with Crippen molar-refractivity contribution < 1.29 is 4.79 Å². The summed E-state index contributed by atoms with van der Waals surface area (Å²) in [6.07, 6.45) is 3.27. The first-order valence-corrected chi connectivity index (χ1v) is 6.36. The van der Waals surface area contributed by atoms with Crippen LogP contribution >= 0.6 is 0 Å². The number of nitrogens with one attached hydrogen (secondary N) is 2. The van der Waals surface area contributed by atoms with Crippen molar-refractivity contribution in [1.29, 1.82) is 0 Å². The molecule has 0 aromatic heterocycles. The molecule has 3 nitrogen and oxygen atoms in total. The third kappa shape index (κ3) is 3.30. The second kappa shape index (κ2) is 5.82. The summed E-state index contributed by atoms with van der Waals surface area (Å²) in [5.41, 5.74) is 1.15. The van der Waals surface area contributed by atoms with E-state index in [1.807, 2.05) is 37.3 Å². The normalized spacial score (nSPS) is 21.8. The predicted molar refractivity (Wildman–Crippen MR) is 68.6 cm³/mol. The number of amides is 1. The van der Waals surface area contributed by atoms with Gasteiger partial charge in [-0.15, -0.1) is 0 Å². The van der Waals surface area contributed by atoms with Gasteiger partial charge < -0.3 is 10.6 Å². The number of piperidine rings is 1. The summed E-state index contributed by atoms with van der Waals surface area (Å²) in [7, 11) is 0. The van der Waals surface area contributed by atoms with E-state index >= 15 is 0 Å². The average Bonchev–Trinajstić information content (AvgIpc) is 2.40. The van der Waals surface area contributed by atoms with E-state index in [9.17, 15) is 4.79 Å². The Balaban J connectivity index is 1.89. The Kier molecular flexibility index (Phi) is 4.15. The molecule has 2 atom stereocenters. The summed E-state index contributed by atoms with van der Waals surface area (Å²) in [5.74, 6) is 0.126. The lowest BCUT2D eigenvalue weighted by atomic mass is 10.0. The van der Waals surface area contributed by atoms with Crippen molar-refractivity contribution in [1.82, 2.24) is 10.6 Å². The monoisotopic (exact) mass is 232 g/mol. The molecule has 1 aliphatic rings. The lowest BCUT2D eigenvalue weighted by Crippen LogP contribution is -2.47. The summed E-state index contributed by atoms with van der Waals surface area (Å²) in [5, 5.41) is 6.33. The average molecular weight is 232 g/mol. The van der Waals surface area contributed by atoms with Gasteiger partial charge in [-0.2, -0.15) is 0 Å². The number of carbonyl (C=O) groups is 1. The van der Waals surface area contributed by atoms with Gasteiger partial charge in [0, 0.05) is 0 Å². The lowest BCUT2D eigenvalue weighted by Gasteiger charge is -2.24. The molecule has 1 unspecified atom stereocenters. The van der Waals surface area contributed by atoms with Crippen LogP contribution in [0.15, 0.2) is 30.3 Å². The second-order valence-electron chi connectivity index (χ2n) is 4.64. The summed E-state index contributed by atoms with van der Waals surface area (Å²) >= 11 is 0. The Labute approximate surface area is 103 Å². The molecule has 0 bridgehead atoms. The van der Waals surface area contributed by atoms with E-state index < -0.39 is 0 Å². The smallest absolute Gasteiger partial charge is 0.237 e. The first-order valence-electron chi connectivity index (χ1n) is 6.36. The highest BCUT2D eigenvalue weighted by Crippen LogP contribution is 2.13. The molecule has 1 saturated heterocycles. The molecule has 0 aliphatic carbocycles. The number of carbonyl (C=O) groups excluding carboxylic acids is 1. The maximum Gasteiger partial charge on any atom is 0.237 e. The zero-order valence-electron chi connectivity index (χ0n) is 10.3. The van der Waals surface area contributed by atoms with Crippen molar-refractivity contribution in [3.05, 3.63) is 35.9 Å². The summed E-state index contributed by atoms with van der Waals surface area (Å²) in [6.45, 7) is 2.98. The van der Waals surface area contributed by atoms with Gasteiger partial charge in [-0.3, -0.25) is 4.79 Å². The molecule has 1 aromatic rings. The third-order valence-corrected chi connectivity index (χ3v) is 3.29. The molecule has 0 saturated carbocycles. The third-order valence-electron chi connectivity index (χ3n) is 3.29. The fourth-order valence-electron chi connectivity index (χ4n) is 2.21. The van der Waals surface area contributed by atoms with Crippen molar-refractivity contribution in [2.75, 3.05) is 6.54 Å².